The molecule has 0 aromatic heterocycles. The Morgan fingerprint density at radius 2 is 1.90 bits per heavy atom. The third-order valence-corrected chi connectivity index (χ3v) is 5.97. The lowest BCUT2D eigenvalue weighted by molar-refractivity contribution is -0.143. The topological polar surface area (TPSA) is 58.6 Å². The van der Waals surface area contributed by atoms with Crippen LogP contribution in [0.15, 0.2) is 48.5 Å². The zero-order valence-corrected chi connectivity index (χ0v) is 18.2. The lowest BCUT2D eigenvalue weighted by atomic mass is 9.83. The summed E-state index contributed by atoms with van der Waals surface area (Å²) in [6.07, 6.45) is 2.85. The molecule has 1 saturated heterocycles. The standard InChI is InChI=1S/C25H32N2O3/c1-4-5-16-27-23(28)15-14-21(24(27)20-12-8-9-13-22(20)30-3)25(29)26-17-19-11-7-6-10-18(19)2/h6-13,21,24H,4-5,14-17H2,1-3H3,(H,26,29). The Morgan fingerprint density at radius 3 is 2.63 bits per heavy atom. The van der Waals surface area contributed by atoms with Crippen molar-refractivity contribution in [1.82, 2.24) is 10.2 Å². The van der Waals surface area contributed by atoms with Crippen LogP contribution < -0.4 is 10.1 Å². The first kappa shape index (κ1) is 21.9. The van der Waals surface area contributed by atoms with E-state index < -0.39 is 0 Å². The van der Waals surface area contributed by atoms with Crippen LogP contribution in [0.1, 0.15) is 55.3 Å². The van der Waals surface area contributed by atoms with Gasteiger partial charge in [-0.05, 0) is 37.0 Å². The number of methoxy groups -OCH3 is 1. The summed E-state index contributed by atoms with van der Waals surface area (Å²) in [6, 6.07) is 15.5. The Kier molecular flexibility index (Phi) is 7.50. The molecule has 2 amide bonds. The first-order valence-corrected chi connectivity index (χ1v) is 10.8. The van der Waals surface area contributed by atoms with Crippen molar-refractivity contribution in [3.05, 3.63) is 65.2 Å². The zero-order valence-electron chi connectivity index (χ0n) is 18.2. The predicted molar refractivity (Wildman–Crippen MR) is 118 cm³/mol. The van der Waals surface area contributed by atoms with Crippen LogP contribution in [0.3, 0.4) is 0 Å². The number of benzene rings is 2. The Morgan fingerprint density at radius 1 is 1.17 bits per heavy atom. The molecule has 0 bridgehead atoms. The third kappa shape index (κ3) is 4.84. The van der Waals surface area contributed by atoms with Crippen molar-refractivity contribution in [2.75, 3.05) is 13.7 Å². The summed E-state index contributed by atoms with van der Waals surface area (Å²) < 4.78 is 5.59. The summed E-state index contributed by atoms with van der Waals surface area (Å²) in [7, 11) is 1.63. The van der Waals surface area contributed by atoms with Gasteiger partial charge >= 0.3 is 0 Å². The number of amides is 2. The Balaban J connectivity index is 1.88. The van der Waals surface area contributed by atoms with Crippen molar-refractivity contribution in [2.24, 2.45) is 5.92 Å². The number of nitrogens with one attached hydrogen (secondary N) is 1. The van der Waals surface area contributed by atoms with Crippen molar-refractivity contribution >= 4 is 11.8 Å². The molecule has 1 fully saturated rings. The first-order valence-electron chi connectivity index (χ1n) is 10.8. The second-order valence-corrected chi connectivity index (χ2v) is 7.92. The van der Waals surface area contributed by atoms with Crippen LogP contribution in [-0.2, 0) is 16.1 Å². The number of likely N-dealkylation sites (tertiary alicyclic amines) is 1. The van der Waals surface area contributed by atoms with Gasteiger partial charge in [0.25, 0.3) is 0 Å². The van der Waals surface area contributed by atoms with E-state index in [0.29, 0.717) is 25.9 Å². The van der Waals surface area contributed by atoms with E-state index in [1.54, 1.807) is 7.11 Å². The van der Waals surface area contributed by atoms with Crippen LogP contribution in [0.2, 0.25) is 0 Å². The quantitative estimate of drug-likeness (QED) is 0.704. The van der Waals surface area contributed by atoms with Gasteiger partial charge in [0, 0.05) is 25.1 Å². The number of carbonyl (C=O) groups excluding carboxylic acids is 2. The Labute approximate surface area is 179 Å². The van der Waals surface area contributed by atoms with Crippen LogP contribution in [-0.4, -0.2) is 30.4 Å². The maximum absolute atomic E-state index is 13.3. The fourth-order valence-electron chi connectivity index (χ4n) is 4.24. The second kappa shape index (κ2) is 10.3. The molecule has 2 aromatic carbocycles. The number of rotatable bonds is 8. The summed E-state index contributed by atoms with van der Waals surface area (Å²) in [6.45, 7) is 5.30. The molecule has 2 aromatic rings. The van der Waals surface area contributed by atoms with Crippen LogP contribution in [0.5, 0.6) is 5.75 Å². The average molecular weight is 409 g/mol. The molecule has 1 heterocycles. The van der Waals surface area contributed by atoms with E-state index >= 15 is 0 Å². The molecule has 0 spiro atoms. The van der Waals surface area contributed by atoms with E-state index in [1.807, 2.05) is 60.4 Å². The normalized spacial score (nSPS) is 18.9. The van der Waals surface area contributed by atoms with Gasteiger partial charge < -0.3 is 15.0 Å². The monoisotopic (exact) mass is 408 g/mol. The molecular weight excluding hydrogens is 376 g/mol. The number of piperidine rings is 1. The molecule has 3 rings (SSSR count). The molecular formula is C25H32N2O3. The highest BCUT2D eigenvalue weighted by atomic mass is 16.5. The lowest BCUT2D eigenvalue weighted by Crippen LogP contribution is -2.48. The number of unbranched alkanes of at least 4 members (excludes halogenated alkanes) is 1. The number of carbonyl (C=O) groups is 2. The van der Waals surface area contributed by atoms with Crippen LogP contribution in [0, 0.1) is 12.8 Å². The summed E-state index contributed by atoms with van der Waals surface area (Å²) in [4.78, 5) is 28.0. The van der Waals surface area contributed by atoms with Gasteiger partial charge in [-0.15, -0.1) is 0 Å². The molecule has 1 aliphatic rings. The largest absolute Gasteiger partial charge is 0.496 e. The van der Waals surface area contributed by atoms with Crippen molar-refractivity contribution in [1.29, 1.82) is 0 Å². The molecule has 2 unspecified atom stereocenters. The molecule has 1 aliphatic heterocycles. The SMILES string of the molecule is CCCCN1C(=O)CCC(C(=O)NCc2ccccc2C)C1c1ccccc1OC. The Hall–Kier alpha value is -2.82. The van der Waals surface area contributed by atoms with E-state index in [0.717, 1.165) is 35.3 Å². The van der Waals surface area contributed by atoms with Crippen molar-refractivity contribution in [3.63, 3.8) is 0 Å². The molecule has 0 radical (unpaired) electrons. The van der Waals surface area contributed by atoms with Crippen molar-refractivity contribution < 1.29 is 14.3 Å². The molecule has 160 valence electrons. The Bertz CT molecular complexity index is 880. The summed E-state index contributed by atoms with van der Waals surface area (Å²) in [5.74, 6) is 0.515. The number of hydrogen-bond donors (Lipinski definition) is 1. The van der Waals surface area contributed by atoms with E-state index in [1.165, 1.54) is 0 Å². The minimum absolute atomic E-state index is 0.0110. The van der Waals surface area contributed by atoms with E-state index in [9.17, 15) is 9.59 Å². The highest BCUT2D eigenvalue weighted by Crippen LogP contribution is 2.40. The second-order valence-electron chi connectivity index (χ2n) is 7.92. The molecule has 5 nitrogen and oxygen atoms in total. The van der Waals surface area contributed by atoms with Crippen molar-refractivity contribution in [3.8, 4) is 5.75 Å². The molecule has 0 saturated carbocycles. The minimum Gasteiger partial charge on any atom is -0.496 e. The van der Waals surface area contributed by atoms with Gasteiger partial charge in [-0.1, -0.05) is 55.8 Å². The summed E-state index contributed by atoms with van der Waals surface area (Å²) in [5, 5.41) is 3.12. The molecule has 0 aliphatic carbocycles. The number of aryl methyl sites for hydroxylation is 1. The van der Waals surface area contributed by atoms with Gasteiger partial charge in [0.05, 0.1) is 19.1 Å². The number of ether oxygens (including phenoxy) is 1. The number of hydrogen-bond acceptors (Lipinski definition) is 3. The average Bonchev–Trinajstić information content (AvgIpc) is 2.77. The number of nitrogens with zero attached hydrogens (tertiary/aromatic N) is 1. The summed E-state index contributed by atoms with van der Waals surface area (Å²) in [5.41, 5.74) is 3.16. The first-order chi connectivity index (χ1) is 14.6. The smallest absolute Gasteiger partial charge is 0.225 e. The highest BCUT2D eigenvalue weighted by molar-refractivity contribution is 5.85. The highest BCUT2D eigenvalue weighted by Gasteiger charge is 2.41. The van der Waals surface area contributed by atoms with Gasteiger partial charge in [-0.25, -0.2) is 0 Å². The van der Waals surface area contributed by atoms with Crippen LogP contribution in [0.25, 0.3) is 0 Å². The maximum atomic E-state index is 13.3. The fourth-order valence-corrected chi connectivity index (χ4v) is 4.24. The molecule has 2 atom stereocenters. The minimum atomic E-state index is -0.314. The van der Waals surface area contributed by atoms with E-state index in [-0.39, 0.29) is 23.8 Å². The maximum Gasteiger partial charge on any atom is 0.225 e. The zero-order chi connectivity index (χ0) is 21.5. The third-order valence-electron chi connectivity index (χ3n) is 5.97. The van der Waals surface area contributed by atoms with E-state index in [4.69, 9.17) is 4.74 Å². The fraction of sp³-hybridized carbons (Fsp3) is 0.440. The van der Waals surface area contributed by atoms with Gasteiger partial charge in [0.1, 0.15) is 5.75 Å². The van der Waals surface area contributed by atoms with Gasteiger partial charge in [0.15, 0.2) is 0 Å². The molecule has 30 heavy (non-hydrogen) atoms. The van der Waals surface area contributed by atoms with Crippen LogP contribution >= 0.6 is 0 Å². The van der Waals surface area contributed by atoms with Gasteiger partial charge in [0.2, 0.25) is 11.8 Å². The summed E-state index contributed by atoms with van der Waals surface area (Å²) >= 11 is 0. The lowest BCUT2D eigenvalue weighted by Gasteiger charge is -2.41. The number of para-hydroxylation sites is 1. The van der Waals surface area contributed by atoms with E-state index in [2.05, 4.69) is 12.2 Å². The molecule has 1 N–H and O–H groups in total. The predicted octanol–water partition coefficient (Wildman–Crippen LogP) is 4.40. The van der Waals surface area contributed by atoms with Gasteiger partial charge in [-0.2, -0.15) is 0 Å². The van der Waals surface area contributed by atoms with Gasteiger partial charge in [-0.3, -0.25) is 9.59 Å². The van der Waals surface area contributed by atoms with Crippen LogP contribution in [0.4, 0.5) is 0 Å². The molecule has 5 heteroatoms. The van der Waals surface area contributed by atoms with Crippen molar-refractivity contribution in [2.45, 2.75) is 52.1 Å².